The molecule has 0 aliphatic rings. The molecule has 0 saturated heterocycles. The van der Waals surface area contributed by atoms with Crippen LogP contribution in [0.2, 0.25) is 0 Å². The van der Waals surface area contributed by atoms with Crippen LogP contribution in [0, 0.1) is 0 Å². The first-order valence-electron chi connectivity index (χ1n) is 13.2. The van der Waals surface area contributed by atoms with E-state index in [0.29, 0.717) is 0 Å². The van der Waals surface area contributed by atoms with Gasteiger partial charge in [0.25, 0.3) is 0 Å². The Morgan fingerprint density at radius 3 is 1.71 bits per heavy atom. The van der Waals surface area contributed by atoms with Gasteiger partial charge < -0.3 is 4.74 Å². The van der Waals surface area contributed by atoms with E-state index in [9.17, 15) is 0 Å². The van der Waals surface area contributed by atoms with Gasteiger partial charge in [0, 0.05) is 14.6 Å². The van der Waals surface area contributed by atoms with Crippen molar-refractivity contribution in [3.8, 4) is 24.6 Å². The van der Waals surface area contributed by atoms with Gasteiger partial charge in [0.05, 0.1) is 15.8 Å². The van der Waals surface area contributed by atoms with Gasteiger partial charge in [-0.25, -0.2) is 0 Å². The van der Waals surface area contributed by atoms with Gasteiger partial charge in [0.2, 0.25) is 0 Å². The Balaban J connectivity index is 1.66. The van der Waals surface area contributed by atoms with E-state index in [1.54, 1.807) is 7.11 Å². The predicted octanol–water partition coefficient (Wildman–Crippen LogP) is 11.8. The van der Waals surface area contributed by atoms with Crippen LogP contribution in [0.3, 0.4) is 0 Å². The highest BCUT2D eigenvalue weighted by atomic mass is 79.9. The SMILES string of the molecule is CCCCCCCCc1cc(Br)sc1-c1ccc(-c2sc(OC)cc2CCCCCCCC)s1. The Bertz CT molecular complexity index is 968. The molecule has 0 aliphatic carbocycles. The van der Waals surface area contributed by atoms with Crippen LogP contribution in [-0.2, 0) is 12.8 Å². The van der Waals surface area contributed by atoms with Gasteiger partial charge in [-0.2, -0.15) is 0 Å². The van der Waals surface area contributed by atoms with Crippen molar-refractivity contribution in [1.29, 1.82) is 0 Å². The number of ether oxygens (including phenoxy) is 1. The van der Waals surface area contributed by atoms with Gasteiger partial charge in [-0.3, -0.25) is 0 Å². The molecule has 3 rings (SSSR count). The molecule has 3 aromatic rings. The molecule has 3 aromatic heterocycles. The Morgan fingerprint density at radius 2 is 1.15 bits per heavy atom. The molecule has 5 heteroatoms. The molecule has 1 nitrogen and oxygen atoms in total. The first-order chi connectivity index (χ1) is 16.7. The van der Waals surface area contributed by atoms with E-state index in [0.717, 1.165) is 11.5 Å². The van der Waals surface area contributed by atoms with Crippen LogP contribution in [0.4, 0.5) is 0 Å². The van der Waals surface area contributed by atoms with Crippen LogP contribution in [0.15, 0.2) is 28.1 Å². The Morgan fingerprint density at radius 1 is 0.647 bits per heavy atom. The molecule has 0 radical (unpaired) electrons. The zero-order chi connectivity index (χ0) is 24.2. The topological polar surface area (TPSA) is 9.23 Å². The number of rotatable bonds is 17. The summed E-state index contributed by atoms with van der Waals surface area (Å²) in [7, 11) is 1.79. The lowest BCUT2D eigenvalue weighted by atomic mass is 10.0. The Hall–Kier alpha value is -0.620. The summed E-state index contributed by atoms with van der Waals surface area (Å²) in [6.45, 7) is 4.57. The van der Waals surface area contributed by atoms with Gasteiger partial charge in [0.1, 0.15) is 0 Å². The molecule has 188 valence electrons. The summed E-state index contributed by atoms with van der Waals surface area (Å²) in [6, 6.07) is 9.29. The number of unbranched alkanes of at least 4 members (excludes halogenated alkanes) is 10. The van der Waals surface area contributed by atoms with E-state index in [1.807, 2.05) is 34.0 Å². The Kier molecular flexibility index (Phi) is 12.7. The average molecular weight is 582 g/mol. The van der Waals surface area contributed by atoms with Gasteiger partial charge in [-0.15, -0.1) is 22.7 Å². The Labute approximate surface area is 228 Å². The van der Waals surface area contributed by atoms with Crippen LogP contribution < -0.4 is 4.74 Å². The van der Waals surface area contributed by atoms with E-state index in [2.05, 4.69) is 54.0 Å². The van der Waals surface area contributed by atoms with Crippen LogP contribution in [0.25, 0.3) is 19.5 Å². The summed E-state index contributed by atoms with van der Waals surface area (Å²) in [5.41, 5.74) is 2.97. The van der Waals surface area contributed by atoms with E-state index in [4.69, 9.17) is 4.74 Å². The van der Waals surface area contributed by atoms with Gasteiger partial charge in [-0.05, 0) is 77.0 Å². The lowest BCUT2D eigenvalue weighted by Gasteiger charge is -2.04. The maximum Gasteiger partial charge on any atom is 0.174 e. The standard InChI is InChI=1S/C29H41BrOS3/c1-4-6-8-10-12-14-16-22-20-26(30)33-28(22)24-18-19-25(32-24)29-23(21-27(31-3)34-29)17-15-13-11-9-7-5-2/h18-21H,4-17H2,1-3H3. The summed E-state index contributed by atoms with van der Waals surface area (Å²) in [6.07, 6.45) is 18.5. The van der Waals surface area contributed by atoms with Crippen LogP contribution in [0.5, 0.6) is 5.06 Å². The van der Waals surface area contributed by atoms with Crippen molar-refractivity contribution < 1.29 is 4.74 Å². The smallest absolute Gasteiger partial charge is 0.174 e. The number of halogens is 1. The molecule has 0 spiro atoms. The summed E-state index contributed by atoms with van der Waals surface area (Å²) in [5.74, 6) is 0. The zero-order valence-electron chi connectivity index (χ0n) is 21.2. The molecule has 0 unspecified atom stereocenters. The lowest BCUT2D eigenvalue weighted by Crippen LogP contribution is -1.86. The van der Waals surface area contributed by atoms with Crippen LogP contribution in [-0.4, -0.2) is 7.11 Å². The van der Waals surface area contributed by atoms with Gasteiger partial charge in [0.15, 0.2) is 5.06 Å². The second kappa shape index (κ2) is 15.5. The average Bonchev–Trinajstić information content (AvgIpc) is 3.56. The number of aryl methyl sites for hydroxylation is 2. The maximum absolute atomic E-state index is 5.63. The largest absolute Gasteiger partial charge is 0.487 e. The number of thiophene rings is 3. The molecule has 0 bridgehead atoms. The van der Waals surface area contributed by atoms with Crippen LogP contribution in [0.1, 0.15) is 102 Å². The third-order valence-corrected chi connectivity index (χ3v) is 10.7. The van der Waals surface area contributed by atoms with E-state index >= 15 is 0 Å². The monoisotopic (exact) mass is 580 g/mol. The summed E-state index contributed by atoms with van der Waals surface area (Å²) in [4.78, 5) is 5.66. The maximum atomic E-state index is 5.63. The van der Waals surface area contributed by atoms with E-state index < -0.39 is 0 Å². The minimum atomic E-state index is 1.04. The fourth-order valence-corrected chi connectivity index (χ4v) is 8.48. The molecule has 3 heterocycles. The van der Waals surface area contributed by atoms with E-state index in [1.165, 1.54) is 118 Å². The number of methoxy groups -OCH3 is 1. The zero-order valence-corrected chi connectivity index (χ0v) is 25.3. The van der Waals surface area contributed by atoms with Crippen molar-refractivity contribution in [2.45, 2.75) is 104 Å². The fraction of sp³-hybridized carbons (Fsp3) is 0.586. The first kappa shape index (κ1) is 28.0. The highest BCUT2D eigenvalue weighted by Crippen LogP contribution is 2.46. The van der Waals surface area contributed by atoms with Gasteiger partial charge in [-0.1, -0.05) is 89.4 Å². The summed E-state index contributed by atoms with van der Waals surface area (Å²) >= 11 is 9.41. The highest BCUT2D eigenvalue weighted by Gasteiger charge is 2.17. The molecule has 0 atom stereocenters. The number of hydrogen-bond donors (Lipinski definition) is 0. The molecular weight excluding hydrogens is 540 g/mol. The first-order valence-corrected chi connectivity index (χ1v) is 16.5. The lowest BCUT2D eigenvalue weighted by molar-refractivity contribution is 0.427. The van der Waals surface area contributed by atoms with Crippen LogP contribution >= 0.6 is 49.9 Å². The van der Waals surface area contributed by atoms with Crippen molar-refractivity contribution in [1.82, 2.24) is 0 Å². The molecule has 0 fully saturated rings. The molecule has 0 aromatic carbocycles. The minimum Gasteiger partial charge on any atom is -0.487 e. The van der Waals surface area contributed by atoms with Crippen molar-refractivity contribution in [3.05, 3.63) is 39.2 Å². The second-order valence-corrected chi connectivity index (χ2v) is 13.8. The van der Waals surface area contributed by atoms with Crippen molar-refractivity contribution in [3.63, 3.8) is 0 Å². The predicted molar refractivity (Wildman–Crippen MR) is 159 cm³/mol. The normalized spacial score (nSPS) is 11.4. The van der Waals surface area contributed by atoms with Crippen molar-refractivity contribution in [2.75, 3.05) is 7.11 Å². The minimum absolute atomic E-state index is 1.04. The third-order valence-electron chi connectivity index (χ3n) is 6.42. The van der Waals surface area contributed by atoms with Crippen molar-refractivity contribution in [2.24, 2.45) is 0 Å². The summed E-state index contributed by atoms with van der Waals surface area (Å²) < 4.78 is 6.88. The second-order valence-electron chi connectivity index (χ2n) is 9.23. The molecule has 0 N–H and O–H groups in total. The third kappa shape index (κ3) is 8.50. The highest BCUT2D eigenvalue weighted by molar-refractivity contribution is 9.11. The van der Waals surface area contributed by atoms with Crippen molar-refractivity contribution >= 4 is 49.9 Å². The fourth-order valence-electron chi connectivity index (χ4n) is 4.46. The molecule has 34 heavy (non-hydrogen) atoms. The molecular formula is C29H41BrOS3. The van der Waals surface area contributed by atoms with Gasteiger partial charge >= 0.3 is 0 Å². The number of hydrogen-bond acceptors (Lipinski definition) is 4. The quantitative estimate of drug-likeness (QED) is 0.144. The molecule has 0 aliphatic heterocycles. The molecule has 0 amide bonds. The van der Waals surface area contributed by atoms with E-state index in [-0.39, 0.29) is 0 Å². The molecule has 0 saturated carbocycles. The summed E-state index contributed by atoms with van der Waals surface area (Å²) in [5, 5.41) is 1.04.